The van der Waals surface area contributed by atoms with Crippen molar-refractivity contribution in [2.24, 2.45) is 0 Å². The molecule has 0 spiro atoms. The number of hydrogen-bond donors (Lipinski definition) is 1. The zero-order chi connectivity index (χ0) is 9.97. The summed E-state index contributed by atoms with van der Waals surface area (Å²) in [4.78, 5) is 0. The van der Waals surface area contributed by atoms with Gasteiger partial charge in [-0.2, -0.15) is 11.8 Å². The van der Waals surface area contributed by atoms with Crippen molar-refractivity contribution in [2.75, 3.05) is 11.6 Å². The molecule has 1 heterocycles. The molecule has 0 radical (unpaired) electrons. The van der Waals surface area contributed by atoms with Crippen molar-refractivity contribution < 1.29 is 0 Å². The average Bonchev–Trinajstić information content (AvgIpc) is 2.76. The summed E-state index contributed by atoms with van der Waals surface area (Å²) in [6.07, 6.45) is 6.12. The van der Waals surface area contributed by atoms with Crippen LogP contribution in [0.2, 0.25) is 0 Å². The van der Waals surface area contributed by atoms with Gasteiger partial charge in [-0.15, -0.1) is 10.2 Å². The van der Waals surface area contributed by atoms with Crippen LogP contribution in [0.1, 0.15) is 24.3 Å². The summed E-state index contributed by atoms with van der Waals surface area (Å²) in [5.74, 6) is 0. The molecule has 78 valence electrons. The minimum absolute atomic E-state index is 0.595. The maximum absolute atomic E-state index is 4.10. The van der Waals surface area contributed by atoms with Gasteiger partial charge in [-0.25, -0.2) is 0 Å². The van der Waals surface area contributed by atoms with Gasteiger partial charge in [0.1, 0.15) is 5.01 Å². The number of rotatable bonds is 3. The van der Waals surface area contributed by atoms with Crippen molar-refractivity contribution in [2.45, 2.75) is 37.5 Å². The molecule has 0 amide bonds. The lowest BCUT2D eigenvalue weighted by atomic mass is 10.2. The number of hydrogen-bond acceptors (Lipinski definition) is 5. The molecular formula is C9H15N3S2. The Kier molecular flexibility index (Phi) is 3.28. The molecule has 2 rings (SSSR count). The zero-order valence-corrected chi connectivity index (χ0v) is 10.1. The highest BCUT2D eigenvalue weighted by atomic mass is 32.2. The molecule has 3 nitrogen and oxygen atoms in total. The predicted molar refractivity (Wildman–Crippen MR) is 63.2 cm³/mol. The van der Waals surface area contributed by atoms with Crippen LogP contribution in [0.3, 0.4) is 0 Å². The first-order valence-electron chi connectivity index (χ1n) is 4.89. The fourth-order valence-electron chi connectivity index (χ4n) is 1.89. The third kappa shape index (κ3) is 2.20. The molecular weight excluding hydrogens is 214 g/mol. The molecule has 1 aliphatic carbocycles. The Labute approximate surface area is 92.7 Å². The van der Waals surface area contributed by atoms with Crippen molar-refractivity contribution >= 4 is 28.2 Å². The van der Waals surface area contributed by atoms with E-state index in [-0.39, 0.29) is 0 Å². The van der Waals surface area contributed by atoms with Gasteiger partial charge >= 0.3 is 0 Å². The number of anilines is 1. The van der Waals surface area contributed by atoms with Crippen LogP contribution < -0.4 is 5.32 Å². The summed E-state index contributed by atoms with van der Waals surface area (Å²) >= 11 is 3.61. The molecule has 1 aromatic rings. The number of nitrogens with zero attached hydrogens (tertiary/aromatic N) is 2. The Hall–Kier alpha value is -0.290. The fraction of sp³-hybridized carbons (Fsp3) is 0.778. The van der Waals surface area contributed by atoms with E-state index < -0.39 is 0 Å². The van der Waals surface area contributed by atoms with E-state index >= 15 is 0 Å². The van der Waals surface area contributed by atoms with E-state index in [1.54, 1.807) is 11.3 Å². The maximum Gasteiger partial charge on any atom is 0.205 e. The number of nitrogens with one attached hydrogen (secondary N) is 1. The van der Waals surface area contributed by atoms with Gasteiger partial charge in [0.05, 0.1) is 0 Å². The number of thioether (sulfide) groups is 1. The number of aryl methyl sites for hydroxylation is 1. The summed E-state index contributed by atoms with van der Waals surface area (Å²) < 4.78 is 0. The second kappa shape index (κ2) is 4.49. The lowest BCUT2D eigenvalue weighted by Crippen LogP contribution is -2.25. The Balaban J connectivity index is 1.96. The molecule has 1 N–H and O–H groups in total. The molecule has 0 aliphatic heterocycles. The molecule has 1 aromatic heterocycles. The lowest BCUT2D eigenvalue weighted by Gasteiger charge is -2.17. The highest BCUT2D eigenvalue weighted by Crippen LogP contribution is 2.31. The molecule has 0 bridgehead atoms. The smallest absolute Gasteiger partial charge is 0.205 e. The summed E-state index contributed by atoms with van der Waals surface area (Å²) in [6.45, 7) is 1.99. The molecule has 1 fully saturated rings. The first kappa shape index (κ1) is 10.2. The molecule has 0 saturated heterocycles. The van der Waals surface area contributed by atoms with Crippen LogP contribution in [-0.2, 0) is 0 Å². The largest absolute Gasteiger partial charge is 0.356 e. The molecule has 2 unspecified atom stereocenters. The Morgan fingerprint density at radius 3 is 2.93 bits per heavy atom. The minimum atomic E-state index is 0.595. The summed E-state index contributed by atoms with van der Waals surface area (Å²) in [5, 5.41) is 14.4. The van der Waals surface area contributed by atoms with Gasteiger partial charge in [0.2, 0.25) is 5.13 Å². The fourth-order valence-corrected chi connectivity index (χ4v) is 3.48. The van der Waals surface area contributed by atoms with E-state index in [1.165, 1.54) is 19.3 Å². The van der Waals surface area contributed by atoms with Crippen LogP contribution in [0.25, 0.3) is 0 Å². The topological polar surface area (TPSA) is 37.8 Å². The van der Waals surface area contributed by atoms with Crippen LogP contribution in [0, 0.1) is 6.92 Å². The Morgan fingerprint density at radius 2 is 2.29 bits per heavy atom. The summed E-state index contributed by atoms with van der Waals surface area (Å²) in [5.41, 5.74) is 0. The second-order valence-corrected chi connectivity index (χ2v) is 5.84. The van der Waals surface area contributed by atoms with Crippen LogP contribution in [-0.4, -0.2) is 27.7 Å². The van der Waals surface area contributed by atoms with E-state index in [0.29, 0.717) is 6.04 Å². The van der Waals surface area contributed by atoms with Crippen molar-refractivity contribution in [3.8, 4) is 0 Å². The van der Waals surface area contributed by atoms with E-state index in [9.17, 15) is 0 Å². The monoisotopic (exact) mass is 229 g/mol. The van der Waals surface area contributed by atoms with Crippen molar-refractivity contribution in [3.63, 3.8) is 0 Å². The maximum atomic E-state index is 4.10. The lowest BCUT2D eigenvalue weighted by molar-refractivity contribution is 0.764. The average molecular weight is 229 g/mol. The van der Waals surface area contributed by atoms with Crippen LogP contribution in [0.5, 0.6) is 0 Å². The van der Waals surface area contributed by atoms with Gasteiger partial charge in [-0.3, -0.25) is 0 Å². The minimum Gasteiger partial charge on any atom is -0.356 e. The van der Waals surface area contributed by atoms with E-state index in [4.69, 9.17) is 0 Å². The van der Waals surface area contributed by atoms with E-state index in [2.05, 4.69) is 21.8 Å². The molecule has 14 heavy (non-hydrogen) atoms. The van der Waals surface area contributed by atoms with Gasteiger partial charge in [-0.05, 0) is 26.0 Å². The van der Waals surface area contributed by atoms with Crippen LogP contribution in [0.15, 0.2) is 0 Å². The van der Waals surface area contributed by atoms with Gasteiger partial charge < -0.3 is 5.32 Å². The van der Waals surface area contributed by atoms with Crippen molar-refractivity contribution in [1.29, 1.82) is 0 Å². The third-order valence-corrected chi connectivity index (χ3v) is 4.53. The highest BCUT2D eigenvalue weighted by molar-refractivity contribution is 7.99. The van der Waals surface area contributed by atoms with Gasteiger partial charge in [0.15, 0.2) is 0 Å². The standard InChI is InChI=1S/C9H15N3S2/c1-6-11-12-9(14-6)10-7-4-3-5-8(7)13-2/h7-8H,3-5H2,1-2H3,(H,10,12). The van der Waals surface area contributed by atoms with E-state index in [1.807, 2.05) is 18.7 Å². The summed E-state index contributed by atoms with van der Waals surface area (Å²) in [6, 6.07) is 0.595. The zero-order valence-electron chi connectivity index (χ0n) is 8.49. The third-order valence-electron chi connectivity index (χ3n) is 2.59. The van der Waals surface area contributed by atoms with Crippen LogP contribution >= 0.6 is 23.1 Å². The first-order chi connectivity index (χ1) is 6.79. The molecule has 2 atom stereocenters. The molecule has 5 heteroatoms. The SMILES string of the molecule is CSC1CCCC1Nc1nnc(C)s1. The van der Waals surface area contributed by atoms with Crippen molar-refractivity contribution in [3.05, 3.63) is 5.01 Å². The Bertz CT molecular complexity index is 300. The van der Waals surface area contributed by atoms with Gasteiger partial charge in [0, 0.05) is 11.3 Å². The molecule has 1 saturated carbocycles. The predicted octanol–water partition coefficient (Wildman–Crippen LogP) is 2.54. The summed E-state index contributed by atoms with van der Waals surface area (Å²) in [7, 11) is 0. The molecule has 0 aromatic carbocycles. The quantitative estimate of drug-likeness (QED) is 0.864. The van der Waals surface area contributed by atoms with Gasteiger partial charge in [-0.1, -0.05) is 17.8 Å². The van der Waals surface area contributed by atoms with Gasteiger partial charge in [0.25, 0.3) is 0 Å². The Morgan fingerprint density at radius 1 is 1.43 bits per heavy atom. The molecule has 1 aliphatic rings. The second-order valence-electron chi connectivity index (χ2n) is 3.58. The van der Waals surface area contributed by atoms with Crippen molar-refractivity contribution in [1.82, 2.24) is 10.2 Å². The highest BCUT2D eigenvalue weighted by Gasteiger charge is 2.26. The van der Waals surface area contributed by atoms with Crippen LogP contribution in [0.4, 0.5) is 5.13 Å². The first-order valence-corrected chi connectivity index (χ1v) is 6.99. The normalized spacial score (nSPS) is 26.7. The number of aromatic nitrogens is 2. The van der Waals surface area contributed by atoms with E-state index in [0.717, 1.165) is 15.4 Å².